The molecule has 0 saturated carbocycles. The van der Waals surface area contributed by atoms with Crippen LogP contribution in [-0.2, 0) is 10.8 Å². The molecule has 0 fully saturated rings. The van der Waals surface area contributed by atoms with Crippen LogP contribution in [0.3, 0.4) is 0 Å². The molecule has 0 saturated heterocycles. The Morgan fingerprint density at radius 2 is 1.09 bits per heavy atom. The predicted octanol–water partition coefficient (Wildman–Crippen LogP) is 12.6. The van der Waals surface area contributed by atoms with E-state index in [4.69, 9.17) is 19.9 Å². The van der Waals surface area contributed by atoms with Crippen molar-refractivity contribution in [3.8, 4) is 40.0 Å². The summed E-state index contributed by atoms with van der Waals surface area (Å²) < 4.78 is 2.45. The first-order valence-corrected chi connectivity index (χ1v) is 19.8. The zero-order valence-electron chi connectivity index (χ0n) is 32.5. The number of rotatable bonds is 4. The van der Waals surface area contributed by atoms with Crippen LogP contribution in [0.25, 0.3) is 94.4 Å². The van der Waals surface area contributed by atoms with Gasteiger partial charge in [0.2, 0.25) is 0 Å². The van der Waals surface area contributed by atoms with Crippen molar-refractivity contribution < 1.29 is 0 Å². The van der Waals surface area contributed by atoms with Crippen molar-refractivity contribution in [2.45, 2.75) is 51.4 Å². The first-order chi connectivity index (χ1) is 27.7. The number of nitrogens with zero attached hydrogens (tertiary/aromatic N) is 6. The van der Waals surface area contributed by atoms with Crippen molar-refractivity contribution in [2.75, 3.05) is 0 Å². The highest BCUT2D eigenvalue weighted by molar-refractivity contribution is 6.21. The SMILES string of the molecule is CC1(C)CCC(C)(C)c2cc3c(cc21)c1c2ccccc2ccc1n3-c1ccc(-c2nc(-c3ccccc3)nc(-c3ccc4ccc5cccnc5c4n3)n2)cc1. The lowest BCUT2D eigenvalue weighted by molar-refractivity contribution is 0.332. The molecule has 4 heterocycles. The molecule has 274 valence electrons. The lowest BCUT2D eigenvalue weighted by Crippen LogP contribution is -2.33. The minimum atomic E-state index is 0.0859. The third-order valence-electron chi connectivity index (χ3n) is 12.3. The van der Waals surface area contributed by atoms with Gasteiger partial charge in [-0.25, -0.2) is 19.9 Å². The Morgan fingerprint density at radius 1 is 0.474 bits per heavy atom. The largest absolute Gasteiger partial charge is 0.309 e. The summed E-state index contributed by atoms with van der Waals surface area (Å²) >= 11 is 0. The molecule has 0 spiro atoms. The first kappa shape index (κ1) is 33.5. The van der Waals surface area contributed by atoms with E-state index < -0.39 is 0 Å². The smallest absolute Gasteiger partial charge is 0.182 e. The Morgan fingerprint density at radius 3 is 1.86 bits per heavy atom. The molecule has 6 heteroatoms. The van der Waals surface area contributed by atoms with Gasteiger partial charge in [-0.05, 0) is 100 Å². The van der Waals surface area contributed by atoms with E-state index in [1.165, 1.54) is 50.1 Å². The normalized spacial score (nSPS) is 14.8. The van der Waals surface area contributed by atoms with Crippen LogP contribution in [-0.4, -0.2) is 29.5 Å². The summed E-state index contributed by atoms with van der Waals surface area (Å²) in [5, 5.41) is 7.19. The minimum absolute atomic E-state index is 0.0859. The lowest BCUT2D eigenvalue weighted by atomic mass is 9.63. The average Bonchev–Trinajstić information content (AvgIpc) is 3.59. The fraction of sp³-hybridized carbons (Fsp3) is 0.157. The van der Waals surface area contributed by atoms with Gasteiger partial charge in [-0.2, -0.15) is 0 Å². The van der Waals surface area contributed by atoms with Crippen LogP contribution < -0.4 is 0 Å². The molecular formula is C51H40N6. The van der Waals surface area contributed by atoms with Gasteiger partial charge in [-0.1, -0.05) is 113 Å². The standard InChI is InChI=1S/C51H40N6/c1-50(2)26-27-51(3,4)40-30-43-38(29-39(40)50)44-37-15-9-8-11-31(37)21-25-42(44)57(43)36-22-18-35(19-23-36)48-54-47(34-12-6-5-7-13-34)55-49(56-48)41-24-20-33-17-16-32-14-10-28-52-45(32)46(33)53-41/h5-25,28-30H,26-27H2,1-4H3. The molecule has 6 nitrogen and oxygen atoms in total. The highest BCUT2D eigenvalue weighted by Gasteiger charge is 2.38. The number of pyridine rings is 2. The van der Waals surface area contributed by atoms with Gasteiger partial charge in [-0.3, -0.25) is 4.98 Å². The van der Waals surface area contributed by atoms with E-state index in [1.807, 2.05) is 48.7 Å². The van der Waals surface area contributed by atoms with Crippen LogP contribution in [0, 0.1) is 0 Å². The van der Waals surface area contributed by atoms with Gasteiger partial charge in [0, 0.05) is 44.6 Å². The number of aromatic nitrogens is 6. The monoisotopic (exact) mass is 736 g/mol. The fourth-order valence-corrected chi connectivity index (χ4v) is 9.07. The summed E-state index contributed by atoms with van der Waals surface area (Å²) in [5.41, 5.74) is 10.8. The van der Waals surface area contributed by atoms with E-state index in [2.05, 4.69) is 134 Å². The van der Waals surface area contributed by atoms with Crippen LogP contribution >= 0.6 is 0 Å². The third kappa shape index (κ3) is 5.35. The quantitative estimate of drug-likeness (QED) is 0.168. The molecule has 0 amide bonds. The Kier molecular flexibility index (Phi) is 7.27. The van der Waals surface area contributed by atoms with Crippen molar-refractivity contribution in [1.29, 1.82) is 0 Å². The molecule has 1 aliphatic carbocycles. The molecule has 4 aromatic heterocycles. The maximum atomic E-state index is 5.10. The summed E-state index contributed by atoms with van der Waals surface area (Å²) in [5.74, 6) is 1.71. The summed E-state index contributed by atoms with van der Waals surface area (Å²) in [6.07, 6.45) is 4.15. The topological polar surface area (TPSA) is 69.4 Å². The second-order valence-corrected chi connectivity index (χ2v) is 16.8. The molecule has 11 rings (SSSR count). The summed E-state index contributed by atoms with van der Waals surface area (Å²) in [6, 6.07) is 49.3. The molecule has 0 N–H and O–H groups in total. The Bertz CT molecular complexity index is 3230. The van der Waals surface area contributed by atoms with E-state index in [9.17, 15) is 0 Å². The Balaban J connectivity index is 1.09. The molecule has 10 aromatic rings. The Hall–Kier alpha value is -6.79. The van der Waals surface area contributed by atoms with Crippen molar-refractivity contribution in [3.63, 3.8) is 0 Å². The maximum absolute atomic E-state index is 5.10. The highest BCUT2D eigenvalue weighted by atomic mass is 15.0. The van der Waals surface area contributed by atoms with Gasteiger partial charge in [0.25, 0.3) is 0 Å². The Labute approximate surface area is 330 Å². The van der Waals surface area contributed by atoms with E-state index in [0.717, 1.165) is 45.0 Å². The first-order valence-electron chi connectivity index (χ1n) is 19.8. The summed E-state index contributed by atoms with van der Waals surface area (Å²) in [6.45, 7) is 9.63. The molecule has 57 heavy (non-hydrogen) atoms. The van der Waals surface area contributed by atoms with Crippen molar-refractivity contribution >= 4 is 54.4 Å². The zero-order chi connectivity index (χ0) is 38.5. The molecule has 6 aromatic carbocycles. The van der Waals surface area contributed by atoms with Gasteiger partial charge in [0.05, 0.1) is 22.1 Å². The van der Waals surface area contributed by atoms with Gasteiger partial charge >= 0.3 is 0 Å². The summed E-state index contributed by atoms with van der Waals surface area (Å²) in [7, 11) is 0. The van der Waals surface area contributed by atoms with Crippen molar-refractivity contribution in [3.05, 3.63) is 157 Å². The van der Waals surface area contributed by atoms with Gasteiger partial charge in [0.1, 0.15) is 5.69 Å². The highest BCUT2D eigenvalue weighted by Crippen LogP contribution is 2.49. The van der Waals surface area contributed by atoms with E-state index in [-0.39, 0.29) is 10.8 Å². The van der Waals surface area contributed by atoms with E-state index in [0.29, 0.717) is 23.2 Å². The molecule has 0 atom stereocenters. The molecule has 0 aliphatic heterocycles. The maximum Gasteiger partial charge on any atom is 0.182 e. The number of hydrogen-bond donors (Lipinski definition) is 0. The third-order valence-corrected chi connectivity index (χ3v) is 12.3. The van der Waals surface area contributed by atoms with Gasteiger partial charge in [-0.15, -0.1) is 0 Å². The fourth-order valence-electron chi connectivity index (χ4n) is 9.07. The summed E-state index contributed by atoms with van der Waals surface area (Å²) in [4.78, 5) is 24.9. The number of fused-ring (bicyclic) bond motifs is 9. The molecular weight excluding hydrogens is 697 g/mol. The molecule has 0 bridgehead atoms. The molecule has 0 unspecified atom stereocenters. The van der Waals surface area contributed by atoms with E-state index >= 15 is 0 Å². The predicted molar refractivity (Wildman–Crippen MR) is 234 cm³/mol. The molecule has 0 radical (unpaired) electrons. The van der Waals surface area contributed by atoms with Gasteiger partial charge < -0.3 is 4.57 Å². The van der Waals surface area contributed by atoms with Crippen molar-refractivity contribution in [2.24, 2.45) is 0 Å². The van der Waals surface area contributed by atoms with Crippen LogP contribution in [0.15, 0.2) is 146 Å². The van der Waals surface area contributed by atoms with Crippen molar-refractivity contribution in [1.82, 2.24) is 29.5 Å². The van der Waals surface area contributed by atoms with Gasteiger partial charge in [0.15, 0.2) is 17.5 Å². The van der Waals surface area contributed by atoms with Crippen LogP contribution in [0.4, 0.5) is 0 Å². The molecule has 1 aliphatic rings. The van der Waals surface area contributed by atoms with Crippen LogP contribution in [0.5, 0.6) is 0 Å². The minimum Gasteiger partial charge on any atom is -0.309 e. The van der Waals surface area contributed by atoms with E-state index in [1.54, 1.807) is 0 Å². The second-order valence-electron chi connectivity index (χ2n) is 16.8. The number of benzene rings is 6. The van der Waals surface area contributed by atoms with Crippen LogP contribution in [0.2, 0.25) is 0 Å². The zero-order valence-corrected chi connectivity index (χ0v) is 32.5. The number of hydrogen-bond acceptors (Lipinski definition) is 5. The lowest BCUT2D eigenvalue weighted by Gasteiger charge is -2.42. The van der Waals surface area contributed by atoms with Crippen LogP contribution in [0.1, 0.15) is 51.7 Å². The second kappa shape index (κ2) is 12.4. The average molecular weight is 737 g/mol.